The average Bonchev–Trinajstić information content (AvgIpc) is 2.28. The van der Waals surface area contributed by atoms with Crippen molar-refractivity contribution in [2.75, 3.05) is 0 Å². The van der Waals surface area contributed by atoms with E-state index in [1.807, 2.05) is 32.0 Å². The fourth-order valence-corrected chi connectivity index (χ4v) is 1.54. The topological polar surface area (TPSA) is 52.9 Å². The Hall–Kier alpha value is -1.53. The zero-order chi connectivity index (χ0) is 12.8. The third kappa shape index (κ3) is 4.08. The highest BCUT2D eigenvalue weighted by Gasteiger charge is 2.20. The lowest BCUT2D eigenvalue weighted by Gasteiger charge is -2.13. The molecule has 0 radical (unpaired) electrons. The molecule has 1 amide bonds. The predicted molar refractivity (Wildman–Crippen MR) is 67.2 cm³/mol. The van der Waals surface area contributed by atoms with E-state index in [1.165, 1.54) is 0 Å². The van der Waals surface area contributed by atoms with Crippen molar-refractivity contribution < 1.29 is 4.79 Å². The SMILES string of the molecule is CC(C)C(C#N)C(=O)NCc1ccc(Cl)cc1. The minimum atomic E-state index is -0.595. The van der Waals surface area contributed by atoms with Crippen LogP contribution in [0, 0.1) is 23.2 Å². The first-order valence-corrected chi connectivity index (χ1v) is 5.84. The Morgan fingerprint density at radius 2 is 2.00 bits per heavy atom. The molecule has 1 aromatic rings. The zero-order valence-corrected chi connectivity index (χ0v) is 10.7. The van der Waals surface area contributed by atoms with Gasteiger partial charge in [-0.25, -0.2) is 0 Å². The van der Waals surface area contributed by atoms with E-state index in [2.05, 4.69) is 5.32 Å². The van der Waals surface area contributed by atoms with Gasteiger partial charge in [-0.1, -0.05) is 37.6 Å². The predicted octanol–water partition coefficient (Wildman–Crippen LogP) is 2.75. The van der Waals surface area contributed by atoms with E-state index in [9.17, 15) is 4.79 Å². The molecule has 1 rings (SSSR count). The molecule has 1 unspecified atom stereocenters. The van der Waals surface area contributed by atoms with Crippen molar-refractivity contribution in [3.05, 3.63) is 34.9 Å². The van der Waals surface area contributed by atoms with E-state index in [4.69, 9.17) is 16.9 Å². The van der Waals surface area contributed by atoms with Gasteiger partial charge in [0.15, 0.2) is 0 Å². The van der Waals surface area contributed by atoms with Gasteiger partial charge in [-0.3, -0.25) is 4.79 Å². The molecular formula is C13H15ClN2O. The number of halogens is 1. The summed E-state index contributed by atoms with van der Waals surface area (Å²) in [6.45, 7) is 4.13. The highest BCUT2D eigenvalue weighted by molar-refractivity contribution is 6.30. The van der Waals surface area contributed by atoms with Crippen molar-refractivity contribution in [2.45, 2.75) is 20.4 Å². The number of carbonyl (C=O) groups is 1. The molecule has 0 saturated carbocycles. The lowest BCUT2D eigenvalue weighted by atomic mass is 9.96. The summed E-state index contributed by atoms with van der Waals surface area (Å²) in [5.74, 6) is -0.801. The Labute approximate surface area is 106 Å². The van der Waals surface area contributed by atoms with Crippen LogP contribution in [0.4, 0.5) is 0 Å². The second-order valence-electron chi connectivity index (χ2n) is 4.20. The molecule has 1 atom stereocenters. The summed E-state index contributed by atoms with van der Waals surface area (Å²) in [4.78, 5) is 11.7. The van der Waals surface area contributed by atoms with E-state index in [-0.39, 0.29) is 11.8 Å². The highest BCUT2D eigenvalue weighted by atomic mass is 35.5. The van der Waals surface area contributed by atoms with E-state index < -0.39 is 5.92 Å². The molecule has 1 N–H and O–H groups in total. The number of nitriles is 1. The molecular weight excluding hydrogens is 236 g/mol. The Kier molecular flexibility index (Phi) is 4.99. The average molecular weight is 251 g/mol. The Bertz CT molecular complexity index is 420. The van der Waals surface area contributed by atoms with Gasteiger partial charge in [0, 0.05) is 11.6 Å². The number of benzene rings is 1. The Morgan fingerprint density at radius 1 is 1.41 bits per heavy atom. The van der Waals surface area contributed by atoms with Crippen LogP contribution in [0.2, 0.25) is 5.02 Å². The summed E-state index contributed by atoms with van der Waals surface area (Å²) in [6, 6.07) is 9.25. The Balaban J connectivity index is 2.54. The molecule has 0 aromatic heterocycles. The van der Waals surface area contributed by atoms with Gasteiger partial charge in [0.2, 0.25) is 5.91 Å². The van der Waals surface area contributed by atoms with E-state index in [1.54, 1.807) is 12.1 Å². The molecule has 0 spiro atoms. The molecule has 0 aliphatic heterocycles. The fraction of sp³-hybridized carbons (Fsp3) is 0.385. The largest absolute Gasteiger partial charge is 0.351 e. The van der Waals surface area contributed by atoms with Crippen molar-refractivity contribution in [3.8, 4) is 6.07 Å². The monoisotopic (exact) mass is 250 g/mol. The third-order valence-electron chi connectivity index (χ3n) is 2.47. The second kappa shape index (κ2) is 6.27. The summed E-state index contributed by atoms with van der Waals surface area (Å²) < 4.78 is 0. The maximum atomic E-state index is 11.7. The minimum Gasteiger partial charge on any atom is -0.351 e. The summed E-state index contributed by atoms with van der Waals surface area (Å²) in [5, 5.41) is 12.3. The van der Waals surface area contributed by atoms with Crippen molar-refractivity contribution in [3.63, 3.8) is 0 Å². The van der Waals surface area contributed by atoms with Gasteiger partial charge in [0.1, 0.15) is 5.92 Å². The maximum Gasteiger partial charge on any atom is 0.237 e. The molecule has 3 nitrogen and oxygen atoms in total. The molecule has 90 valence electrons. The molecule has 1 aromatic carbocycles. The minimum absolute atomic E-state index is 0.0187. The lowest BCUT2D eigenvalue weighted by molar-refractivity contribution is -0.124. The van der Waals surface area contributed by atoms with Gasteiger partial charge in [-0.05, 0) is 23.6 Å². The molecule has 0 aliphatic rings. The van der Waals surface area contributed by atoms with Crippen molar-refractivity contribution in [1.29, 1.82) is 5.26 Å². The van der Waals surface area contributed by atoms with Crippen LogP contribution in [0.25, 0.3) is 0 Å². The van der Waals surface area contributed by atoms with Crippen LogP contribution in [-0.4, -0.2) is 5.91 Å². The number of rotatable bonds is 4. The molecule has 17 heavy (non-hydrogen) atoms. The standard InChI is InChI=1S/C13H15ClN2O/c1-9(2)12(7-15)13(17)16-8-10-3-5-11(14)6-4-10/h3-6,9,12H,8H2,1-2H3,(H,16,17). The van der Waals surface area contributed by atoms with Crippen LogP contribution >= 0.6 is 11.6 Å². The van der Waals surface area contributed by atoms with Gasteiger partial charge >= 0.3 is 0 Å². The molecule has 4 heteroatoms. The number of nitrogens with zero attached hydrogens (tertiary/aromatic N) is 1. The number of carbonyl (C=O) groups excluding carboxylic acids is 1. The molecule has 0 aliphatic carbocycles. The van der Waals surface area contributed by atoms with Crippen molar-refractivity contribution >= 4 is 17.5 Å². The van der Waals surface area contributed by atoms with Gasteiger partial charge in [-0.15, -0.1) is 0 Å². The van der Waals surface area contributed by atoms with Crippen molar-refractivity contribution in [2.24, 2.45) is 11.8 Å². The molecule has 0 fully saturated rings. The Morgan fingerprint density at radius 3 is 2.47 bits per heavy atom. The van der Waals surface area contributed by atoms with Crippen LogP contribution in [0.5, 0.6) is 0 Å². The van der Waals surface area contributed by atoms with E-state index in [0.717, 1.165) is 5.56 Å². The van der Waals surface area contributed by atoms with E-state index >= 15 is 0 Å². The molecule has 0 bridgehead atoms. The number of amides is 1. The van der Waals surface area contributed by atoms with Gasteiger partial charge in [-0.2, -0.15) is 5.26 Å². The molecule has 0 saturated heterocycles. The summed E-state index contributed by atoms with van der Waals surface area (Å²) >= 11 is 5.76. The normalized spacial score (nSPS) is 11.9. The fourth-order valence-electron chi connectivity index (χ4n) is 1.41. The lowest BCUT2D eigenvalue weighted by Crippen LogP contribution is -2.32. The third-order valence-corrected chi connectivity index (χ3v) is 2.72. The second-order valence-corrected chi connectivity index (χ2v) is 4.63. The molecule has 0 heterocycles. The maximum absolute atomic E-state index is 11.7. The van der Waals surface area contributed by atoms with Crippen LogP contribution in [0.15, 0.2) is 24.3 Å². The first-order chi connectivity index (χ1) is 8.04. The number of hydrogen-bond acceptors (Lipinski definition) is 2. The summed E-state index contributed by atoms with van der Waals surface area (Å²) in [5.41, 5.74) is 0.961. The first-order valence-electron chi connectivity index (χ1n) is 5.46. The van der Waals surface area contributed by atoms with Gasteiger partial charge in [0.05, 0.1) is 6.07 Å². The van der Waals surface area contributed by atoms with Gasteiger partial charge < -0.3 is 5.32 Å². The van der Waals surface area contributed by atoms with Crippen LogP contribution in [-0.2, 0) is 11.3 Å². The van der Waals surface area contributed by atoms with Crippen LogP contribution < -0.4 is 5.32 Å². The summed E-state index contributed by atoms with van der Waals surface area (Å²) in [7, 11) is 0. The van der Waals surface area contributed by atoms with Crippen LogP contribution in [0.3, 0.4) is 0 Å². The van der Waals surface area contributed by atoms with Crippen LogP contribution in [0.1, 0.15) is 19.4 Å². The number of hydrogen-bond donors (Lipinski definition) is 1. The van der Waals surface area contributed by atoms with Crippen molar-refractivity contribution in [1.82, 2.24) is 5.32 Å². The van der Waals surface area contributed by atoms with Gasteiger partial charge in [0.25, 0.3) is 0 Å². The first kappa shape index (κ1) is 13.5. The zero-order valence-electron chi connectivity index (χ0n) is 9.90. The van der Waals surface area contributed by atoms with E-state index in [0.29, 0.717) is 11.6 Å². The highest BCUT2D eigenvalue weighted by Crippen LogP contribution is 2.11. The summed E-state index contributed by atoms with van der Waals surface area (Å²) in [6.07, 6.45) is 0. The quantitative estimate of drug-likeness (QED) is 0.893. The number of nitrogens with one attached hydrogen (secondary N) is 1. The smallest absolute Gasteiger partial charge is 0.237 e.